The van der Waals surface area contributed by atoms with Crippen LogP contribution in [0.25, 0.3) is 0 Å². The van der Waals surface area contributed by atoms with Gasteiger partial charge in [0, 0.05) is 0 Å². The smallest absolute Gasteiger partial charge is 0.0443 e. The highest BCUT2D eigenvalue weighted by molar-refractivity contribution is 4.55. The lowest BCUT2D eigenvalue weighted by Crippen LogP contribution is -1.94. The molecule has 0 aromatic rings. The summed E-state index contributed by atoms with van der Waals surface area (Å²) >= 11 is 0. The molecule has 0 saturated carbocycles. The monoisotopic (exact) mass is 338 g/mol. The number of unbranched alkanes of at least 4 members (excludes halogenated alkanes) is 16. The molecule has 0 bridgehead atoms. The van der Waals surface area contributed by atoms with Crippen LogP contribution in [0.3, 0.4) is 0 Å². The van der Waals surface area contributed by atoms with E-state index in [1.807, 2.05) is 0 Å². The summed E-state index contributed by atoms with van der Waals surface area (Å²) in [4.78, 5) is 0. The van der Waals surface area contributed by atoms with Crippen LogP contribution in [-0.4, -0.2) is 0 Å². The van der Waals surface area contributed by atoms with Gasteiger partial charge >= 0.3 is 0 Å². The van der Waals surface area contributed by atoms with Crippen molar-refractivity contribution in [2.24, 2.45) is 5.92 Å². The van der Waals surface area contributed by atoms with Gasteiger partial charge in [-0.1, -0.05) is 149 Å². The second kappa shape index (κ2) is 21.0. The van der Waals surface area contributed by atoms with Crippen LogP contribution in [0.2, 0.25) is 0 Å². The van der Waals surface area contributed by atoms with Crippen LogP contribution >= 0.6 is 0 Å². The Hall–Kier alpha value is 0. The van der Waals surface area contributed by atoms with E-state index >= 15 is 0 Å². The van der Waals surface area contributed by atoms with E-state index < -0.39 is 0 Å². The summed E-state index contributed by atoms with van der Waals surface area (Å²) in [5, 5.41) is 0. The predicted octanol–water partition coefficient (Wildman–Crippen LogP) is 9.46. The van der Waals surface area contributed by atoms with E-state index in [-0.39, 0.29) is 0 Å². The molecule has 0 aromatic heterocycles. The van der Waals surface area contributed by atoms with Crippen LogP contribution in [0, 0.1) is 5.92 Å². The van der Waals surface area contributed by atoms with Crippen LogP contribution < -0.4 is 0 Å². The Morgan fingerprint density at radius 2 is 0.667 bits per heavy atom. The Balaban J connectivity index is 3.02. The molecular weight excluding hydrogens is 288 g/mol. The second-order valence-corrected chi connectivity index (χ2v) is 8.34. The molecule has 0 aromatic carbocycles. The van der Waals surface area contributed by atoms with Crippen molar-refractivity contribution in [2.75, 3.05) is 0 Å². The van der Waals surface area contributed by atoms with E-state index in [1.165, 1.54) is 128 Å². The molecule has 0 heteroatoms. The van der Waals surface area contributed by atoms with Crippen LogP contribution in [-0.2, 0) is 0 Å². The maximum Gasteiger partial charge on any atom is -0.0443 e. The zero-order valence-electron chi connectivity index (χ0n) is 17.7. The molecule has 0 rings (SSSR count). The van der Waals surface area contributed by atoms with Gasteiger partial charge in [-0.25, -0.2) is 0 Å². The first-order valence-electron chi connectivity index (χ1n) is 11.8. The van der Waals surface area contributed by atoms with Gasteiger partial charge in [0.15, 0.2) is 0 Å². The maximum atomic E-state index is 2.45. The third-order valence-corrected chi connectivity index (χ3v) is 5.60. The van der Waals surface area contributed by atoms with E-state index in [1.54, 1.807) is 0 Å². The fourth-order valence-corrected chi connectivity index (χ4v) is 3.74. The zero-order chi connectivity index (χ0) is 17.7. The van der Waals surface area contributed by atoms with Crippen molar-refractivity contribution in [1.29, 1.82) is 0 Å². The maximum absolute atomic E-state index is 2.45. The molecule has 146 valence electrons. The number of hydrogen-bond donors (Lipinski definition) is 0. The van der Waals surface area contributed by atoms with Crippen molar-refractivity contribution in [2.45, 2.75) is 149 Å². The Bertz CT molecular complexity index is 208. The van der Waals surface area contributed by atoms with Gasteiger partial charge in [-0.15, -0.1) is 0 Å². The Labute approximate surface area is 155 Å². The lowest BCUT2D eigenvalue weighted by Gasteiger charge is -2.10. The molecule has 0 saturated heterocycles. The van der Waals surface area contributed by atoms with E-state index in [0.29, 0.717) is 0 Å². The molecule has 1 unspecified atom stereocenters. The average molecular weight is 339 g/mol. The summed E-state index contributed by atoms with van der Waals surface area (Å²) in [6.07, 6.45) is 29.3. The van der Waals surface area contributed by atoms with Gasteiger partial charge < -0.3 is 0 Å². The normalized spacial score (nSPS) is 12.6. The molecule has 0 radical (unpaired) electrons. The minimum absolute atomic E-state index is 0.969. The third-order valence-electron chi connectivity index (χ3n) is 5.60. The van der Waals surface area contributed by atoms with Crippen molar-refractivity contribution in [1.82, 2.24) is 0 Å². The number of rotatable bonds is 20. The highest BCUT2D eigenvalue weighted by Gasteiger charge is 2.01. The minimum atomic E-state index is 0.969. The summed E-state index contributed by atoms with van der Waals surface area (Å²) in [5.41, 5.74) is 0. The first kappa shape index (κ1) is 24.0. The van der Waals surface area contributed by atoms with E-state index in [4.69, 9.17) is 0 Å². The molecule has 0 N–H and O–H groups in total. The van der Waals surface area contributed by atoms with Crippen molar-refractivity contribution in [3.63, 3.8) is 0 Å². The fourth-order valence-electron chi connectivity index (χ4n) is 3.74. The van der Waals surface area contributed by atoms with Gasteiger partial charge in [0.2, 0.25) is 0 Å². The molecule has 0 amide bonds. The second-order valence-electron chi connectivity index (χ2n) is 8.34. The molecule has 1 atom stereocenters. The van der Waals surface area contributed by atoms with Crippen LogP contribution in [0.1, 0.15) is 149 Å². The lowest BCUT2D eigenvalue weighted by atomic mass is 9.97. The van der Waals surface area contributed by atoms with E-state index in [2.05, 4.69) is 20.8 Å². The molecule has 0 spiro atoms. The van der Waals surface area contributed by atoms with Gasteiger partial charge in [-0.05, 0) is 5.92 Å². The highest BCUT2D eigenvalue weighted by Crippen LogP contribution is 2.17. The topological polar surface area (TPSA) is 0 Å². The van der Waals surface area contributed by atoms with Gasteiger partial charge in [-0.2, -0.15) is 0 Å². The summed E-state index contributed by atoms with van der Waals surface area (Å²) in [5.74, 6) is 0.969. The van der Waals surface area contributed by atoms with Crippen LogP contribution in [0.4, 0.5) is 0 Å². The molecule has 0 heterocycles. The average Bonchev–Trinajstić information content (AvgIpc) is 2.59. The lowest BCUT2D eigenvalue weighted by molar-refractivity contribution is 0.440. The summed E-state index contributed by atoms with van der Waals surface area (Å²) in [7, 11) is 0. The fraction of sp³-hybridized carbons (Fsp3) is 1.00. The first-order valence-corrected chi connectivity index (χ1v) is 11.8. The van der Waals surface area contributed by atoms with Gasteiger partial charge in [0.05, 0.1) is 0 Å². The quantitative estimate of drug-likeness (QED) is 0.194. The summed E-state index contributed by atoms with van der Waals surface area (Å²) in [6, 6.07) is 0. The highest BCUT2D eigenvalue weighted by atomic mass is 14.1. The Morgan fingerprint density at radius 1 is 0.375 bits per heavy atom. The molecule has 0 nitrogen and oxygen atoms in total. The van der Waals surface area contributed by atoms with Gasteiger partial charge in [-0.3, -0.25) is 0 Å². The largest absolute Gasteiger partial charge is 0.0654 e. The van der Waals surface area contributed by atoms with Gasteiger partial charge in [0.1, 0.15) is 0 Å². The predicted molar refractivity (Wildman–Crippen MR) is 113 cm³/mol. The Morgan fingerprint density at radius 3 is 1.04 bits per heavy atom. The SMILES string of the molecule is CCCCCCCCCCCCCCCCCCC(C)CCCC. The molecule has 0 aliphatic rings. The van der Waals surface area contributed by atoms with E-state index in [0.717, 1.165) is 5.92 Å². The van der Waals surface area contributed by atoms with Crippen LogP contribution in [0.5, 0.6) is 0 Å². The summed E-state index contributed by atoms with van der Waals surface area (Å²) in [6.45, 7) is 7.05. The van der Waals surface area contributed by atoms with Crippen molar-refractivity contribution < 1.29 is 0 Å². The van der Waals surface area contributed by atoms with Crippen molar-refractivity contribution in [3.05, 3.63) is 0 Å². The molecule has 24 heavy (non-hydrogen) atoms. The molecule has 0 aliphatic heterocycles. The van der Waals surface area contributed by atoms with Crippen LogP contribution in [0.15, 0.2) is 0 Å². The Kier molecular flexibility index (Phi) is 21.0. The van der Waals surface area contributed by atoms with Crippen molar-refractivity contribution in [3.8, 4) is 0 Å². The molecule has 0 aliphatic carbocycles. The first-order chi connectivity index (χ1) is 11.8. The zero-order valence-corrected chi connectivity index (χ0v) is 17.7. The number of hydrogen-bond acceptors (Lipinski definition) is 0. The van der Waals surface area contributed by atoms with Crippen molar-refractivity contribution >= 4 is 0 Å². The molecular formula is C24H50. The van der Waals surface area contributed by atoms with E-state index in [9.17, 15) is 0 Å². The third kappa shape index (κ3) is 20.0. The summed E-state index contributed by atoms with van der Waals surface area (Å²) < 4.78 is 0. The molecule has 0 fully saturated rings. The minimum Gasteiger partial charge on any atom is -0.0654 e. The standard InChI is InChI=1S/C24H50/c1-4-6-8-9-10-11-12-13-14-15-16-17-18-19-20-21-23-24(3)22-7-5-2/h24H,4-23H2,1-3H3. The van der Waals surface area contributed by atoms with Gasteiger partial charge in [0.25, 0.3) is 0 Å².